The molecule has 1 heterocycles. The lowest BCUT2D eigenvalue weighted by molar-refractivity contribution is 0.0945. The number of aromatic nitrogens is 1. The first kappa shape index (κ1) is 12.5. The average molecular weight is 265 g/mol. The van der Waals surface area contributed by atoms with E-state index in [9.17, 15) is 9.18 Å². The zero-order valence-electron chi connectivity index (χ0n) is 9.36. The molecule has 0 spiro atoms. The van der Waals surface area contributed by atoms with Crippen molar-refractivity contribution in [1.82, 2.24) is 10.3 Å². The van der Waals surface area contributed by atoms with Gasteiger partial charge in [0.2, 0.25) is 0 Å². The van der Waals surface area contributed by atoms with Crippen LogP contribution >= 0.6 is 11.6 Å². The molecular weight excluding hydrogens is 255 g/mol. The molecule has 0 bridgehead atoms. The van der Waals surface area contributed by atoms with Gasteiger partial charge in [-0.3, -0.25) is 9.78 Å². The van der Waals surface area contributed by atoms with Gasteiger partial charge in [0.25, 0.3) is 5.91 Å². The Morgan fingerprint density at radius 2 is 2.11 bits per heavy atom. The number of rotatable bonds is 3. The topological polar surface area (TPSA) is 42.0 Å². The van der Waals surface area contributed by atoms with Crippen LogP contribution in [-0.2, 0) is 6.54 Å². The zero-order chi connectivity index (χ0) is 13.0. The van der Waals surface area contributed by atoms with E-state index in [1.54, 1.807) is 24.3 Å². The minimum absolute atomic E-state index is 0.0287. The van der Waals surface area contributed by atoms with Crippen molar-refractivity contribution >= 4 is 17.5 Å². The summed E-state index contributed by atoms with van der Waals surface area (Å²) in [6.07, 6.45) is 1.52. The van der Waals surface area contributed by atoms with Crippen LogP contribution in [0.15, 0.2) is 42.6 Å². The summed E-state index contributed by atoms with van der Waals surface area (Å²) in [4.78, 5) is 15.6. The molecule has 0 atom stereocenters. The number of carbonyl (C=O) groups excluding carboxylic acids is 1. The molecule has 0 aliphatic carbocycles. The molecule has 1 amide bonds. The molecule has 1 N–H and O–H groups in total. The molecule has 0 saturated carbocycles. The van der Waals surface area contributed by atoms with E-state index >= 15 is 0 Å². The van der Waals surface area contributed by atoms with Crippen molar-refractivity contribution in [3.05, 3.63) is 64.7 Å². The fourth-order valence-electron chi connectivity index (χ4n) is 1.46. The lowest BCUT2D eigenvalue weighted by atomic mass is 10.2. The molecule has 92 valence electrons. The van der Waals surface area contributed by atoms with E-state index in [1.165, 1.54) is 18.3 Å². The summed E-state index contributed by atoms with van der Waals surface area (Å²) in [5.74, 6) is -0.807. The second-order valence-electron chi connectivity index (χ2n) is 3.60. The average Bonchev–Trinajstić information content (AvgIpc) is 2.39. The monoisotopic (exact) mass is 264 g/mol. The van der Waals surface area contributed by atoms with Gasteiger partial charge in [-0.2, -0.15) is 0 Å². The Kier molecular flexibility index (Phi) is 3.89. The van der Waals surface area contributed by atoms with Crippen molar-refractivity contribution < 1.29 is 9.18 Å². The van der Waals surface area contributed by atoms with Gasteiger partial charge >= 0.3 is 0 Å². The first-order valence-electron chi connectivity index (χ1n) is 5.30. The molecule has 1 aromatic heterocycles. The highest BCUT2D eigenvalue weighted by molar-refractivity contribution is 6.31. The van der Waals surface area contributed by atoms with Crippen molar-refractivity contribution in [1.29, 1.82) is 0 Å². The maximum Gasteiger partial charge on any atom is 0.270 e. The lowest BCUT2D eigenvalue weighted by Crippen LogP contribution is -2.24. The van der Waals surface area contributed by atoms with Gasteiger partial charge in [-0.1, -0.05) is 23.7 Å². The predicted molar refractivity (Wildman–Crippen MR) is 66.8 cm³/mol. The summed E-state index contributed by atoms with van der Waals surface area (Å²) in [5, 5.41) is 2.86. The summed E-state index contributed by atoms with van der Waals surface area (Å²) in [6, 6.07) is 9.39. The Balaban J connectivity index is 2.07. The van der Waals surface area contributed by atoms with Gasteiger partial charge in [-0.15, -0.1) is 0 Å². The maximum absolute atomic E-state index is 13.5. The Morgan fingerprint density at radius 1 is 1.28 bits per heavy atom. The highest BCUT2D eigenvalue weighted by Gasteiger charge is 2.10. The number of hydrogen-bond acceptors (Lipinski definition) is 2. The number of nitrogens with one attached hydrogen (secondary N) is 1. The lowest BCUT2D eigenvalue weighted by Gasteiger charge is -2.07. The van der Waals surface area contributed by atoms with E-state index in [0.29, 0.717) is 0 Å². The first-order chi connectivity index (χ1) is 8.68. The SMILES string of the molecule is O=C(NCc1c(F)cccc1Cl)c1ccccn1. The van der Waals surface area contributed by atoms with Gasteiger partial charge in [0.15, 0.2) is 0 Å². The highest BCUT2D eigenvalue weighted by Crippen LogP contribution is 2.18. The third-order valence-corrected chi connectivity index (χ3v) is 2.74. The number of carbonyl (C=O) groups is 1. The van der Waals surface area contributed by atoms with E-state index in [-0.39, 0.29) is 28.7 Å². The molecule has 2 aromatic rings. The normalized spacial score (nSPS) is 10.1. The summed E-state index contributed by atoms with van der Waals surface area (Å²) < 4.78 is 13.5. The first-order valence-corrected chi connectivity index (χ1v) is 5.68. The summed E-state index contributed by atoms with van der Waals surface area (Å²) in [7, 11) is 0. The summed E-state index contributed by atoms with van der Waals surface area (Å²) in [6.45, 7) is 0.0287. The summed E-state index contributed by atoms with van der Waals surface area (Å²) in [5.41, 5.74) is 0.549. The van der Waals surface area contributed by atoms with Crippen LogP contribution in [0.1, 0.15) is 16.1 Å². The second kappa shape index (κ2) is 5.60. The van der Waals surface area contributed by atoms with Crippen LogP contribution < -0.4 is 5.32 Å². The quantitative estimate of drug-likeness (QED) is 0.926. The molecule has 0 fully saturated rings. The Morgan fingerprint density at radius 3 is 2.78 bits per heavy atom. The number of amides is 1. The molecular formula is C13H10ClFN2O. The standard InChI is InChI=1S/C13H10ClFN2O/c14-10-4-3-5-11(15)9(10)8-17-13(18)12-6-1-2-7-16-12/h1-7H,8H2,(H,17,18). The molecule has 0 unspecified atom stereocenters. The van der Waals surface area contributed by atoms with Crippen LogP contribution in [0.4, 0.5) is 4.39 Å². The van der Waals surface area contributed by atoms with Gasteiger partial charge in [-0.25, -0.2) is 4.39 Å². The molecule has 0 saturated heterocycles. The second-order valence-corrected chi connectivity index (χ2v) is 4.01. The molecule has 0 aliphatic rings. The van der Waals surface area contributed by atoms with Crippen molar-refractivity contribution in [3.8, 4) is 0 Å². The van der Waals surface area contributed by atoms with Crippen LogP contribution in [0.5, 0.6) is 0 Å². The van der Waals surface area contributed by atoms with Crippen LogP contribution in [0, 0.1) is 5.82 Å². The third kappa shape index (κ3) is 2.84. The number of hydrogen-bond donors (Lipinski definition) is 1. The molecule has 0 aliphatic heterocycles. The van der Waals surface area contributed by atoms with Crippen LogP contribution in [0.3, 0.4) is 0 Å². The molecule has 1 aromatic carbocycles. The Bertz CT molecular complexity index is 540. The van der Waals surface area contributed by atoms with Crippen molar-refractivity contribution in [3.63, 3.8) is 0 Å². The van der Waals surface area contributed by atoms with Gasteiger partial charge in [0.1, 0.15) is 11.5 Å². The van der Waals surface area contributed by atoms with Crippen LogP contribution in [-0.4, -0.2) is 10.9 Å². The van der Waals surface area contributed by atoms with E-state index in [4.69, 9.17) is 11.6 Å². The Labute approximate surface area is 109 Å². The number of pyridine rings is 1. The highest BCUT2D eigenvalue weighted by atomic mass is 35.5. The van der Waals surface area contributed by atoms with Crippen LogP contribution in [0.2, 0.25) is 5.02 Å². The van der Waals surface area contributed by atoms with Gasteiger partial charge in [0, 0.05) is 23.3 Å². The molecule has 3 nitrogen and oxygen atoms in total. The fraction of sp³-hybridized carbons (Fsp3) is 0.0769. The third-order valence-electron chi connectivity index (χ3n) is 2.38. The molecule has 0 radical (unpaired) electrons. The van der Waals surface area contributed by atoms with E-state index < -0.39 is 5.82 Å². The fourth-order valence-corrected chi connectivity index (χ4v) is 1.69. The van der Waals surface area contributed by atoms with Gasteiger partial charge < -0.3 is 5.32 Å². The molecule has 5 heteroatoms. The number of halogens is 2. The van der Waals surface area contributed by atoms with Crippen LogP contribution in [0.25, 0.3) is 0 Å². The van der Waals surface area contributed by atoms with Gasteiger partial charge in [0.05, 0.1) is 0 Å². The predicted octanol–water partition coefficient (Wildman–Crippen LogP) is 2.80. The zero-order valence-corrected chi connectivity index (χ0v) is 10.1. The van der Waals surface area contributed by atoms with Crippen molar-refractivity contribution in [2.24, 2.45) is 0 Å². The van der Waals surface area contributed by atoms with E-state index in [0.717, 1.165) is 0 Å². The number of nitrogens with zero attached hydrogens (tertiary/aromatic N) is 1. The summed E-state index contributed by atoms with van der Waals surface area (Å²) >= 11 is 5.85. The van der Waals surface area contributed by atoms with Crippen molar-refractivity contribution in [2.45, 2.75) is 6.54 Å². The largest absolute Gasteiger partial charge is 0.346 e. The molecule has 18 heavy (non-hydrogen) atoms. The Hall–Kier alpha value is -1.94. The van der Waals surface area contributed by atoms with E-state index in [1.807, 2.05) is 0 Å². The van der Waals surface area contributed by atoms with Crippen molar-refractivity contribution in [2.75, 3.05) is 0 Å². The number of benzene rings is 1. The maximum atomic E-state index is 13.5. The van der Waals surface area contributed by atoms with E-state index in [2.05, 4.69) is 10.3 Å². The van der Waals surface area contributed by atoms with Gasteiger partial charge in [-0.05, 0) is 24.3 Å². The molecule has 2 rings (SSSR count). The smallest absolute Gasteiger partial charge is 0.270 e. The minimum atomic E-state index is -0.441. The minimum Gasteiger partial charge on any atom is -0.346 e.